The van der Waals surface area contributed by atoms with E-state index in [9.17, 15) is 4.39 Å². The molecule has 0 aliphatic heterocycles. The average Bonchev–Trinajstić information content (AvgIpc) is 2.26. The Hall–Kier alpha value is -0.600. The monoisotopic (exact) mass is 243 g/mol. The van der Waals surface area contributed by atoms with Crippen molar-refractivity contribution < 1.29 is 4.39 Å². The Labute approximate surface area is 102 Å². The molecule has 0 saturated carbocycles. The fourth-order valence-corrected chi connectivity index (χ4v) is 2.28. The zero-order valence-electron chi connectivity index (χ0n) is 10.1. The van der Waals surface area contributed by atoms with Crippen molar-refractivity contribution in [1.82, 2.24) is 5.32 Å². The van der Waals surface area contributed by atoms with Crippen LogP contribution in [0.25, 0.3) is 0 Å². The third-order valence-electron chi connectivity index (χ3n) is 3.07. The number of nitrogens with one attached hydrogen (secondary N) is 1. The van der Waals surface area contributed by atoms with Crippen LogP contribution in [0.2, 0.25) is 5.02 Å². The van der Waals surface area contributed by atoms with Crippen LogP contribution in [0.4, 0.5) is 4.39 Å². The van der Waals surface area contributed by atoms with E-state index < -0.39 is 0 Å². The molecule has 3 heteroatoms. The van der Waals surface area contributed by atoms with E-state index in [-0.39, 0.29) is 10.8 Å². The molecular formula is C13H19ClFN. The van der Waals surface area contributed by atoms with Crippen molar-refractivity contribution >= 4 is 11.6 Å². The molecular weight excluding hydrogens is 225 g/mol. The quantitative estimate of drug-likeness (QED) is 0.832. The zero-order chi connectivity index (χ0) is 12.1. The van der Waals surface area contributed by atoms with E-state index in [1.165, 1.54) is 0 Å². The molecule has 0 aliphatic rings. The van der Waals surface area contributed by atoms with Crippen LogP contribution in [0.1, 0.15) is 25.8 Å². The van der Waals surface area contributed by atoms with E-state index >= 15 is 0 Å². The smallest absolute Gasteiger partial charge is 0.144 e. The van der Waals surface area contributed by atoms with Gasteiger partial charge in [-0.15, -0.1) is 0 Å². The summed E-state index contributed by atoms with van der Waals surface area (Å²) in [5.41, 5.74) is 0.703. The van der Waals surface area contributed by atoms with Crippen molar-refractivity contribution in [2.75, 3.05) is 7.05 Å². The Balaban J connectivity index is 2.76. The minimum atomic E-state index is -0.276. The van der Waals surface area contributed by atoms with Gasteiger partial charge in [-0.3, -0.25) is 0 Å². The van der Waals surface area contributed by atoms with Gasteiger partial charge in [-0.05, 0) is 37.4 Å². The second-order valence-corrected chi connectivity index (χ2v) is 4.60. The fourth-order valence-electron chi connectivity index (χ4n) is 2.09. The van der Waals surface area contributed by atoms with Gasteiger partial charge < -0.3 is 5.32 Å². The number of hydrogen-bond donors (Lipinski definition) is 1. The molecule has 0 aliphatic carbocycles. The van der Waals surface area contributed by atoms with Crippen LogP contribution in [0.3, 0.4) is 0 Å². The van der Waals surface area contributed by atoms with Crippen LogP contribution in [-0.2, 0) is 6.42 Å². The lowest BCUT2D eigenvalue weighted by molar-refractivity contribution is 0.382. The summed E-state index contributed by atoms with van der Waals surface area (Å²) in [6.45, 7) is 4.26. The lowest BCUT2D eigenvalue weighted by Crippen LogP contribution is -2.32. The van der Waals surface area contributed by atoms with Crippen molar-refractivity contribution in [3.63, 3.8) is 0 Å². The van der Waals surface area contributed by atoms with E-state index in [1.807, 2.05) is 7.05 Å². The van der Waals surface area contributed by atoms with Gasteiger partial charge in [0.05, 0.1) is 5.02 Å². The average molecular weight is 244 g/mol. The first-order chi connectivity index (χ1) is 7.60. The Morgan fingerprint density at radius 2 is 2.12 bits per heavy atom. The Bertz CT molecular complexity index is 337. The minimum absolute atomic E-state index is 0.210. The number of benzene rings is 1. The van der Waals surface area contributed by atoms with Gasteiger partial charge in [0.1, 0.15) is 5.82 Å². The molecule has 90 valence electrons. The van der Waals surface area contributed by atoms with E-state index in [4.69, 9.17) is 11.6 Å². The normalized spacial score (nSPS) is 14.8. The number of rotatable bonds is 5. The zero-order valence-corrected chi connectivity index (χ0v) is 10.8. The number of halogens is 2. The summed E-state index contributed by atoms with van der Waals surface area (Å²) in [6, 6.07) is 5.60. The van der Waals surface area contributed by atoms with Gasteiger partial charge in [-0.1, -0.05) is 37.6 Å². The molecule has 0 heterocycles. The van der Waals surface area contributed by atoms with Gasteiger partial charge in [0, 0.05) is 6.04 Å². The fraction of sp³-hybridized carbons (Fsp3) is 0.538. The van der Waals surface area contributed by atoms with Gasteiger partial charge in [-0.2, -0.15) is 0 Å². The SMILES string of the molecule is CCC(NC)C(C)Cc1cccc(Cl)c1F. The molecule has 0 fully saturated rings. The van der Waals surface area contributed by atoms with Crippen molar-refractivity contribution in [3.8, 4) is 0 Å². The van der Waals surface area contributed by atoms with Crippen LogP contribution >= 0.6 is 11.6 Å². The van der Waals surface area contributed by atoms with Gasteiger partial charge in [0.2, 0.25) is 0 Å². The molecule has 16 heavy (non-hydrogen) atoms. The minimum Gasteiger partial charge on any atom is -0.317 e. The van der Waals surface area contributed by atoms with Crippen molar-refractivity contribution in [3.05, 3.63) is 34.6 Å². The van der Waals surface area contributed by atoms with Gasteiger partial charge in [0.15, 0.2) is 0 Å². The summed E-state index contributed by atoms with van der Waals surface area (Å²) in [6.07, 6.45) is 1.76. The van der Waals surface area contributed by atoms with E-state index in [0.717, 1.165) is 6.42 Å². The summed E-state index contributed by atoms with van der Waals surface area (Å²) in [7, 11) is 1.94. The first kappa shape index (κ1) is 13.5. The molecule has 0 radical (unpaired) electrons. The van der Waals surface area contributed by atoms with Gasteiger partial charge in [0.25, 0.3) is 0 Å². The molecule has 2 atom stereocenters. The van der Waals surface area contributed by atoms with Crippen LogP contribution < -0.4 is 5.32 Å². The van der Waals surface area contributed by atoms with Gasteiger partial charge in [-0.25, -0.2) is 4.39 Å². The maximum atomic E-state index is 13.7. The molecule has 0 aromatic heterocycles. The highest BCUT2D eigenvalue weighted by Crippen LogP contribution is 2.22. The standard InChI is InChI=1S/C13H19ClFN/c1-4-12(16-3)9(2)8-10-6-5-7-11(14)13(10)15/h5-7,9,12,16H,4,8H2,1-3H3. The molecule has 1 nitrogen and oxygen atoms in total. The Morgan fingerprint density at radius 3 is 2.69 bits per heavy atom. The molecule has 0 amide bonds. The maximum Gasteiger partial charge on any atom is 0.144 e. The highest BCUT2D eigenvalue weighted by molar-refractivity contribution is 6.30. The summed E-state index contributed by atoms with van der Waals surface area (Å²) >= 11 is 5.75. The van der Waals surface area contributed by atoms with E-state index in [0.29, 0.717) is 23.9 Å². The first-order valence-corrected chi connectivity index (χ1v) is 6.08. The first-order valence-electron chi connectivity index (χ1n) is 5.70. The van der Waals surface area contributed by atoms with Crippen LogP contribution in [0.15, 0.2) is 18.2 Å². The van der Waals surface area contributed by atoms with Crippen LogP contribution in [-0.4, -0.2) is 13.1 Å². The third kappa shape index (κ3) is 3.19. The molecule has 0 spiro atoms. The molecule has 2 unspecified atom stereocenters. The molecule has 0 bridgehead atoms. The van der Waals surface area contributed by atoms with Crippen molar-refractivity contribution in [1.29, 1.82) is 0 Å². The van der Waals surface area contributed by atoms with Crippen LogP contribution in [0.5, 0.6) is 0 Å². The van der Waals surface area contributed by atoms with Gasteiger partial charge >= 0.3 is 0 Å². The second-order valence-electron chi connectivity index (χ2n) is 4.20. The van der Waals surface area contributed by atoms with Crippen molar-refractivity contribution in [2.24, 2.45) is 5.92 Å². The Kier molecular flexibility index (Phi) is 5.23. The summed E-state index contributed by atoms with van der Waals surface area (Å²) < 4.78 is 13.7. The molecule has 1 N–H and O–H groups in total. The van der Waals surface area contributed by atoms with E-state index in [1.54, 1.807) is 18.2 Å². The topological polar surface area (TPSA) is 12.0 Å². The predicted octanol–water partition coefficient (Wildman–Crippen LogP) is 3.66. The third-order valence-corrected chi connectivity index (χ3v) is 3.36. The predicted molar refractivity (Wildman–Crippen MR) is 67.4 cm³/mol. The molecule has 1 aromatic rings. The van der Waals surface area contributed by atoms with Crippen molar-refractivity contribution in [2.45, 2.75) is 32.7 Å². The summed E-state index contributed by atoms with van der Waals surface area (Å²) in [5, 5.41) is 3.46. The maximum absolute atomic E-state index is 13.7. The summed E-state index contributed by atoms with van der Waals surface area (Å²) in [5.74, 6) is 0.116. The highest BCUT2D eigenvalue weighted by atomic mass is 35.5. The molecule has 1 rings (SSSR count). The van der Waals surface area contributed by atoms with Crippen LogP contribution in [0, 0.1) is 11.7 Å². The summed E-state index contributed by atoms with van der Waals surface area (Å²) in [4.78, 5) is 0. The second kappa shape index (κ2) is 6.21. The molecule has 0 saturated heterocycles. The lowest BCUT2D eigenvalue weighted by atomic mass is 9.92. The number of hydrogen-bond acceptors (Lipinski definition) is 1. The Morgan fingerprint density at radius 1 is 1.44 bits per heavy atom. The largest absolute Gasteiger partial charge is 0.317 e. The highest BCUT2D eigenvalue weighted by Gasteiger charge is 2.16. The lowest BCUT2D eigenvalue weighted by Gasteiger charge is -2.22. The van der Waals surface area contributed by atoms with E-state index in [2.05, 4.69) is 19.2 Å². The molecule has 1 aromatic carbocycles.